The third-order valence-corrected chi connectivity index (χ3v) is 8.94. The van der Waals surface area contributed by atoms with Crippen LogP contribution >= 0.6 is 0 Å². The lowest BCUT2D eigenvalue weighted by atomic mass is 9.90. The van der Waals surface area contributed by atoms with Gasteiger partial charge in [-0.2, -0.15) is 13.5 Å². The van der Waals surface area contributed by atoms with Gasteiger partial charge in [-0.15, -0.1) is 0 Å². The van der Waals surface area contributed by atoms with E-state index in [1.807, 2.05) is 0 Å². The average molecular weight is 504 g/mol. The molecule has 2 bridgehead atoms. The number of piperidine rings is 1. The molecule has 1 aromatic heterocycles. The van der Waals surface area contributed by atoms with Crippen molar-refractivity contribution in [2.75, 3.05) is 10.8 Å². The van der Waals surface area contributed by atoms with Gasteiger partial charge >= 0.3 is 10.2 Å². The summed E-state index contributed by atoms with van der Waals surface area (Å²) in [6.45, 7) is 0.0315. The molecule has 4 aliphatic rings. The van der Waals surface area contributed by atoms with E-state index in [9.17, 15) is 23.1 Å². The van der Waals surface area contributed by atoms with Crippen LogP contribution in [0.2, 0.25) is 0 Å². The van der Waals surface area contributed by atoms with E-state index in [1.165, 1.54) is 18.3 Å². The molecule has 0 spiro atoms. The zero-order valence-electron chi connectivity index (χ0n) is 18.9. The molecular formula is C23H26FN5O5S. The number of carbonyl (C=O) groups excluding carboxylic acids is 2. The van der Waals surface area contributed by atoms with Crippen LogP contribution in [0.3, 0.4) is 0 Å². The monoisotopic (exact) mass is 503 g/mol. The number of phenols is 1. The maximum atomic E-state index is 15.4. The summed E-state index contributed by atoms with van der Waals surface area (Å²) in [4.78, 5) is 26.4. The maximum absolute atomic E-state index is 15.4. The molecular weight excluding hydrogens is 477 g/mol. The number of rotatable bonds is 5. The highest BCUT2D eigenvalue weighted by atomic mass is 32.2. The fourth-order valence-corrected chi connectivity index (χ4v) is 7.03. The normalized spacial score (nSPS) is 27.3. The summed E-state index contributed by atoms with van der Waals surface area (Å²) >= 11 is 0. The first-order valence-electron chi connectivity index (χ1n) is 11.9. The van der Waals surface area contributed by atoms with Crippen LogP contribution in [-0.2, 0) is 26.3 Å². The molecule has 1 saturated carbocycles. The van der Waals surface area contributed by atoms with Crippen molar-refractivity contribution < 1.29 is 27.5 Å². The molecule has 2 atom stereocenters. The number of nitrogens with zero attached hydrogens (tertiary/aromatic N) is 4. The van der Waals surface area contributed by atoms with Gasteiger partial charge in [0.05, 0.1) is 6.20 Å². The van der Waals surface area contributed by atoms with Crippen molar-refractivity contribution in [2.45, 2.75) is 57.2 Å². The second kappa shape index (κ2) is 7.94. The summed E-state index contributed by atoms with van der Waals surface area (Å²) in [5.74, 6) is -1.42. The average Bonchev–Trinajstić information content (AvgIpc) is 3.41. The number of carbonyl (C=O) groups is 2. The van der Waals surface area contributed by atoms with Crippen molar-refractivity contribution >= 4 is 27.7 Å². The topological polar surface area (TPSA) is 125 Å². The molecule has 12 heteroatoms. The van der Waals surface area contributed by atoms with Crippen LogP contribution in [0.25, 0.3) is 11.1 Å². The molecule has 2 unspecified atom stereocenters. The molecule has 1 aromatic carbocycles. The summed E-state index contributed by atoms with van der Waals surface area (Å²) in [5, 5.41) is 14.6. The van der Waals surface area contributed by atoms with Crippen LogP contribution < -0.4 is 9.03 Å². The number of benzene rings is 1. The lowest BCUT2D eigenvalue weighted by Crippen LogP contribution is -2.47. The van der Waals surface area contributed by atoms with Crippen LogP contribution in [0.4, 0.5) is 10.1 Å². The second-order valence-electron chi connectivity index (χ2n) is 10.0. The van der Waals surface area contributed by atoms with E-state index in [0.29, 0.717) is 28.2 Å². The van der Waals surface area contributed by atoms with Gasteiger partial charge in [0, 0.05) is 41.9 Å². The van der Waals surface area contributed by atoms with E-state index >= 15 is 4.39 Å². The highest BCUT2D eigenvalue weighted by Crippen LogP contribution is 2.43. The Balaban J connectivity index is 1.20. The molecule has 3 saturated heterocycles. The van der Waals surface area contributed by atoms with Gasteiger partial charge in [0.1, 0.15) is 18.0 Å². The van der Waals surface area contributed by atoms with E-state index in [-0.39, 0.29) is 23.6 Å². The number of hydrogen-bond acceptors (Lipinski definition) is 6. The van der Waals surface area contributed by atoms with Crippen LogP contribution in [-0.4, -0.2) is 58.6 Å². The van der Waals surface area contributed by atoms with Gasteiger partial charge in [-0.3, -0.25) is 14.3 Å². The highest BCUT2D eigenvalue weighted by molar-refractivity contribution is 7.92. The van der Waals surface area contributed by atoms with Gasteiger partial charge in [0.15, 0.2) is 5.82 Å². The fourth-order valence-electron chi connectivity index (χ4n) is 5.87. The number of anilines is 1. The lowest BCUT2D eigenvalue weighted by Gasteiger charge is -2.39. The van der Waals surface area contributed by atoms with Crippen molar-refractivity contribution in [3.63, 3.8) is 0 Å². The summed E-state index contributed by atoms with van der Waals surface area (Å²) in [6, 6.07) is 3.14. The summed E-state index contributed by atoms with van der Waals surface area (Å²) in [5.41, 5.74) is -0.0645. The number of halogens is 1. The number of amides is 2. The van der Waals surface area contributed by atoms with Gasteiger partial charge in [-0.1, -0.05) is 0 Å². The molecule has 10 nitrogen and oxygen atoms in total. The van der Waals surface area contributed by atoms with Crippen molar-refractivity contribution in [1.82, 2.24) is 19.4 Å². The second-order valence-corrected chi connectivity index (χ2v) is 11.6. The Morgan fingerprint density at radius 1 is 1.17 bits per heavy atom. The molecule has 3 aliphatic heterocycles. The third kappa shape index (κ3) is 3.83. The standard InChI is InChI=1S/C23H26FN5O5S/c24-21-18(5-6-19(30)22(21)28-12-20(31)26-35(28,33)34)15-9-25-27(11-15)10-13-7-16-3-4-17(8-13)29(16)23(32)14-1-2-14/h5-6,9,11,13-14,16-17,30H,1-4,7-8,10,12H2,(H,26,31). The first-order valence-corrected chi connectivity index (χ1v) is 13.3. The predicted octanol–water partition coefficient (Wildman–Crippen LogP) is 1.76. The van der Waals surface area contributed by atoms with Crippen molar-refractivity contribution in [3.05, 3.63) is 30.3 Å². The van der Waals surface area contributed by atoms with Crippen LogP contribution in [0.5, 0.6) is 5.75 Å². The SMILES string of the molecule is O=C1CN(c2c(O)ccc(-c3cnn(CC4CC5CCC(C4)N5C(=O)C4CC4)c3)c2F)S(=O)(=O)N1. The molecule has 2 aromatic rings. The minimum atomic E-state index is -4.28. The molecule has 1 aliphatic carbocycles. The lowest BCUT2D eigenvalue weighted by molar-refractivity contribution is -0.137. The molecule has 186 valence electrons. The van der Waals surface area contributed by atoms with E-state index in [2.05, 4.69) is 10.00 Å². The number of aromatic nitrogens is 2. The molecule has 6 rings (SSSR count). The van der Waals surface area contributed by atoms with E-state index in [1.54, 1.807) is 15.6 Å². The van der Waals surface area contributed by atoms with Gasteiger partial charge in [-0.05, 0) is 56.6 Å². The third-order valence-electron chi connectivity index (χ3n) is 7.57. The van der Waals surface area contributed by atoms with Crippen LogP contribution in [0.15, 0.2) is 24.5 Å². The minimum Gasteiger partial charge on any atom is -0.506 e. The maximum Gasteiger partial charge on any atom is 0.326 e. The Bertz CT molecular complexity index is 1310. The number of hydrogen-bond donors (Lipinski definition) is 2. The Morgan fingerprint density at radius 3 is 2.51 bits per heavy atom. The van der Waals surface area contributed by atoms with Crippen LogP contribution in [0, 0.1) is 17.7 Å². The first kappa shape index (κ1) is 22.3. The molecule has 35 heavy (non-hydrogen) atoms. The van der Waals surface area contributed by atoms with Crippen molar-refractivity contribution in [1.29, 1.82) is 0 Å². The highest BCUT2D eigenvalue weighted by Gasteiger charge is 2.47. The molecule has 2 amide bonds. The fraction of sp³-hybridized carbons (Fsp3) is 0.522. The Kier molecular flexibility index (Phi) is 5.06. The van der Waals surface area contributed by atoms with E-state index < -0.39 is 39.9 Å². The molecule has 4 fully saturated rings. The summed E-state index contributed by atoms with van der Waals surface area (Å²) in [6.07, 6.45) is 9.17. The summed E-state index contributed by atoms with van der Waals surface area (Å²) in [7, 11) is -4.28. The Labute approximate surface area is 201 Å². The zero-order valence-corrected chi connectivity index (χ0v) is 19.7. The van der Waals surface area contributed by atoms with Gasteiger partial charge in [0.25, 0.3) is 5.91 Å². The number of aromatic hydroxyl groups is 1. The molecule has 4 heterocycles. The number of phenolic OH excluding ortho intramolecular Hbond substituents is 1. The van der Waals surface area contributed by atoms with Gasteiger partial charge in [-0.25, -0.2) is 13.4 Å². The first-order chi connectivity index (χ1) is 16.7. The Morgan fingerprint density at radius 2 is 1.89 bits per heavy atom. The number of nitrogens with one attached hydrogen (secondary N) is 1. The molecule has 0 radical (unpaired) electrons. The van der Waals surface area contributed by atoms with Crippen molar-refractivity contribution in [2.24, 2.45) is 11.8 Å². The minimum absolute atomic E-state index is 0.0727. The van der Waals surface area contributed by atoms with Crippen LogP contribution in [0.1, 0.15) is 38.5 Å². The summed E-state index contributed by atoms with van der Waals surface area (Å²) < 4.78 is 43.9. The largest absolute Gasteiger partial charge is 0.506 e. The van der Waals surface area contributed by atoms with E-state index in [4.69, 9.17) is 0 Å². The quantitative estimate of drug-likeness (QED) is 0.641. The Hall–Kier alpha value is -3.15. The smallest absolute Gasteiger partial charge is 0.326 e. The van der Waals surface area contributed by atoms with Crippen molar-refractivity contribution in [3.8, 4) is 16.9 Å². The zero-order chi connectivity index (χ0) is 24.5. The van der Waals surface area contributed by atoms with E-state index in [0.717, 1.165) is 38.5 Å². The van der Waals surface area contributed by atoms with Gasteiger partial charge in [0.2, 0.25) is 5.91 Å². The van der Waals surface area contributed by atoms with Gasteiger partial charge < -0.3 is 10.0 Å². The molecule has 2 N–H and O–H groups in total. The number of fused-ring (bicyclic) bond motifs is 2. The predicted molar refractivity (Wildman–Crippen MR) is 123 cm³/mol.